The molecule has 1 nitrogen and oxygen atoms in total. The van der Waals surface area contributed by atoms with E-state index < -0.39 is 5.41 Å². The Morgan fingerprint density at radius 2 is 1.35 bits per heavy atom. The van der Waals surface area contributed by atoms with Crippen molar-refractivity contribution in [3.05, 3.63) is 130 Å². The molecule has 1 heterocycles. The summed E-state index contributed by atoms with van der Waals surface area (Å²) in [7, 11) is 0. The molecule has 0 saturated carbocycles. The summed E-state index contributed by atoms with van der Waals surface area (Å²) in [5, 5.41) is 3.06. The van der Waals surface area contributed by atoms with Crippen molar-refractivity contribution in [3.8, 4) is 22.3 Å². The van der Waals surface area contributed by atoms with E-state index in [4.69, 9.17) is 16.0 Å². The largest absolute Gasteiger partial charge is 0.455 e. The maximum atomic E-state index is 6.74. The highest BCUT2D eigenvalue weighted by molar-refractivity contribution is 6.31. The summed E-state index contributed by atoms with van der Waals surface area (Å²) in [6, 6.07) is 35.2. The predicted molar refractivity (Wildman–Crippen MR) is 154 cm³/mol. The molecule has 0 aliphatic heterocycles. The van der Waals surface area contributed by atoms with Gasteiger partial charge >= 0.3 is 0 Å². The molecule has 8 rings (SSSR count). The maximum Gasteiger partial charge on any atom is 0.143 e. The third-order valence-electron chi connectivity index (χ3n) is 8.52. The van der Waals surface area contributed by atoms with Crippen LogP contribution < -0.4 is 0 Å². The third kappa shape index (κ3) is 2.55. The van der Waals surface area contributed by atoms with Gasteiger partial charge in [-0.15, -0.1) is 0 Å². The second-order valence-electron chi connectivity index (χ2n) is 11.5. The molecule has 0 amide bonds. The minimum Gasteiger partial charge on any atom is -0.455 e. The number of para-hydroxylation sites is 1. The lowest BCUT2D eigenvalue weighted by atomic mass is 9.69. The molecule has 2 heteroatoms. The lowest BCUT2D eigenvalue weighted by Gasteiger charge is -2.31. The van der Waals surface area contributed by atoms with E-state index in [9.17, 15) is 0 Å². The van der Waals surface area contributed by atoms with Crippen molar-refractivity contribution in [2.45, 2.75) is 31.6 Å². The number of halogens is 1. The molecular formula is C35H25ClO. The highest BCUT2D eigenvalue weighted by Crippen LogP contribution is 2.64. The van der Waals surface area contributed by atoms with Crippen molar-refractivity contribution in [2.75, 3.05) is 0 Å². The molecule has 37 heavy (non-hydrogen) atoms. The minimum atomic E-state index is -0.448. The Morgan fingerprint density at radius 1 is 0.622 bits per heavy atom. The number of fused-ring (bicyclic) bond motifs is 14. The standard InChI is InChI=1S/C35H25ClO/c1-34(2,3)20-12-14-23-22-8-4-6-10-27(22)35(29(23)18-20)28-17-16-25-24-9-5-7-11-31(24)37-33(25)32(28)26-15-13-21(36)19-30(26)35/h4-19H,1-3H3. The number of rotatable bonds is 0. The molecule has 1 unspecified atom stereocenters. The fourth-order valence-electron chi connectivity index (χ4n) is 6.88. The molecule has 6 aromatic rings. The summed E-state index contributed by atoms with van der Waals surface area (Å²) in [5.74, 6) is 0. The van der Waals surface area contributed by atoms with E-state index in [2.05, 4.69) is 106 Å². The summed E-state index contributed by atoms with van der Waals surface area (Å²) in [5.41, 5.74) is 12.9. The van der Waals surface area contributed by atoms with Crippen LogP contribution >= 0.6 is 11.6 Å². The summed E-state index contributed by atoms with van der Waals surface area (Å²) >= 11 is 6.74. The number of hydrogen-bond acceptors (Lipinski definition) is 1. The highest BCUT2D eigenvalue weighted by Gasteiger charge is 2.52. The summed E-state index contributed by atoms with van der Waals surface area (Å²) < 4.78 is 6.61. The first-order chi connectivity index (χ1) is 17.9. The minimum absolute atomic E-state index is 0.0340. The van der Waals surface area contributed by atoms with E-state index >= 15 is 0 Å². The average Bonchev–Trinajstić information content (AvgIpc) is 3.51. The van der Waals surface area contributed by atoms with Gasteiger partial charge in [-0.2, -0.15) is 0 Å². The van der Waals surface area contributed by atoms with E-state index in [0.717, 1.165) is 27.0 Å². The molecule has 0 radical (unpaired) electrons. The van der Waals surface area contributed by atoms with Crippen LogP contribution in [0.1, 0.15) is 48.6 Å². The van der Waals surface area contributed by atoms with Crippen molar-refractivity contribution in [2.24, 2.45) is 0 Å². The normalized spacial score (nSPS) is 17.3. The quantitative estimate of drug-likeness (QED) is 0.203. The molecule has 5 aromatic carbocycles. The summed E-state index contributed by atoms with van der Waals surface area (Å²) in [6.07, 6.45) is 0. The lowest BCUT2D eigenvalue weighted by Crippen LogP contribution is -2.26. The Bertz CT molecular complexity index is 1930. The maximum absolute atomic E-state index is 6.74. The van der Waals surface area contributed by atoms with Crippen molar-refractivity contribution in [1.29, 1.82) is 0 Å². The molecular weight excluding hydrogens is 472 g/mol. The molecule has 0 N–H and O–H groups in total. The van der Waals surface area contributed by atoms with Crippen LogP contribution in [0.4, 0.5) is 0 Å². The molecule has 1 aromatic heterocycles. The van der Waals surface area contributed by atoms with Gasteiger partial charge in [0.2, 0.25) is 0 Å². The Balaban J connectivity index is 1.59. The van der Waals surface area contributed by atoms with Crippen LogP contribution in [0.5, 0.6) is 0 Å². The van der Waals surface area contributed by atoms with Crippen LogP contribution in [0.15, 0.2) is 101 Å². The second kappa shape index (κ2) is 6.94. The molecule has 1 spiro atoms. The third-order valence-corrected chi connectivity index (χ3v) is 8.75. The Hall–Kier alpha value is -3.81. The first-order valence-electron chi connectivity index (χ1n) is 12.9. The van der Waals surface area contributed by atoms with Crippen LogP contribution in [0.3, 0.4) is 0 Å². The van der Waals surface area contributed by atoms with Crippen molar-refractivity contribution in [3.63, 3.8) is 0 Å². The zero-order valence-electron chi connectivity index (χ0n) is 21.0. The van der Waals surface area contributed by atoms with Gasteiger partial charge in [0.1, 0.15) is 11.2 Å². The van der Waals surface area contributed by atoms with Crippen LogP contribution in [0.2, 0.25) is 5.02 Å². The summed E-state index contributed by atoms with van der Waals surface area (Å²) in [4.78, 5) is 0. The van der Waals surface area contributed by atoms with Crippen molar-refractivity contribution in [1.82, 2.24) is 0 Å². The molecule has 0 bridgehead atoms. The Labute approximate surface area is 221 Å². The van der Waals surface area contributed by atoms with E-state index in [1.165, 1.54) is 50.1 Å². The fraction of sp³-hybridized carbons (Fsp3) is 0.143. The SMILES string of the molecule is CC(C)(C)c1ccc2c(c1)C1(c3ccccc3-2)c2cc(Cl)ccc2-c2c1ccc1c2oc2ccccc21. The van der Waals surface area contributed by atoms with Crippen LogP contribution in [-0.4, -0.2) is 0 Å². The van der Waals surface area contributed by atoms with Gasteiger partial charge in [-0.1, -0.05) is 111 Å². The zero-order chi connectivity index (χ0) is 25.1. The van der Waals surface area contributed by atoms with Gasteiger partial charge in [0, 0.05) is 21.4 Å². The van der Waals surface area contributed by atoms with Gasteiger partial charge in [0.05, 0.1) is 5.41 Å². The van der Waals surface area contributed by atoms with Gasteiger partial charge in [-0.25, -0.2) is 0 Å². The summed E-state index contributed by atoms with van der Waals surface area (Å²) in [6.45, 7) is 6.86. The van der Waals surface area contributed by atoms with E-state index in [1.54, 1.807) is 0 Å². The smallest absolute Gasteiger partial charge is 0.143 e. The van der Waals surface area contributed by atoms with Gasteiger partial charge in [-0.05, 0) is 68.1 Å². The zero-order valence-corrected chi connectivity index (χ0v) is 21.8. The second-order valence-corrected chi connectivity index (χ2v) is 11.9. The molecule has 178 valence electrons. The molecule has 1 atom stereocenters. The first-order valence-corrected chi connectivity index (χ1v) is 13.3. The van der Waals surface area contributed by atoms with Crippen LogP contribution in [-0.2, 0) is 10.8 Å². The van der Waals surface area contributed by atoms with E-state index in [-0.39, 0.29) is 5.41 Å². The Morgan fingerprint density at radius 3 is 2.22 bits per heavy atom. The van der Waals surface area contributed by atoms with Gasteiger partial charge in [0.25, 0.3) is 0 Å². The predicted octanol–water partition coefficient (Wildman–Crippen LogP) is 9.88. The van der Waals surface area contributed by atoms with Gasteiger partial charge in [-0.3, -0.25) is 0 Å². The van der Waals surface area contributed by atoms with Crippen LogP contribution in [0, 0.1) is 0 Å². The molecule has 2 aliphatic rings. The monoisotopic (exact) mass is 496 g/mol. The van der Waals surface area contributed by atoms with Crippen LogP contribution in [0.25, 0.3) is 44.2 Å². The average molecular weight is 497 g/mol. The molecule has 2 aliphatic carbocycles. The topological polar surface area (TPSA) is 13.1 Å². The number of hydrogen-bond donors (Lipinski definition) is 0. The number of benzene rings is 5. The highest BCUT2D eigenvalue weighted by atomic mass is 35.5. The van der Waals surface area contributed by atoms with Crippen molar-refractivity contribution >= 4 is 33.5 Å². The lowest BCUT2D eigenvalue weighted by molar-refractivity contribution is 0.588. The number of furan rings is 1. The molecule has 0 fully saturated rings. The Kier molecular flexibility index (Phi) is 3.99. The first kappa shape index (κ1) is 21.3. The van der Waals surface area contributed by atoms with Crippen molar-refractivity contribution < 1.29 is 4.42 Å². The van der Waals surface area contributed by atoms with E-state index in [1.807, 2.05) is 12.1 Å². The van der Waals surface area contributed by atoms with E-state index in [0.29, 0.717) is 0 Å². The van der Waals surface area contributed by atoms with Gasteiger partial charge in [0.15, 0.2) is 0 Å². The fourth-order valence-corrected chi connectivity index (χ4v) is 7.06. The molecule has 0 saturated heterocycles. The van der Waals surface area contributed by atoms with Gasteiger partial charge < -0.3 is 4.42 Å².